The molecule has 0 amide bonds. The van der Waals surface area contributed by atoms with E-state index in [1.54, 1.807) is 0 Å². The molecule has 3 nitrogen and oxygen atoms in total. The second-order valence-corrected chi connectivity index (χ2v) is 6.20. The van der Waals surface area contributed by atoms with Gasteiger partial charge >= 0.3 is 6.18 Å². The van der Waals surface area contributed by atoms with Crippen molar-refractivity contribution < 1.29 is 27.4 Å². The number of aliphatic hydroxyl groups is 1. The summed E-state index contributed by atoms with van der Waals surface area (Å²) in [5.41, 5.74) is -1.27. The van der Waals surface area contributed by atoms with Gasteiger partial charge in [-0.1, -0.05) is 0 Å². The van der Waals surface area contributed by atoms with E-state index in [2.05, 4.69) is 0 Å². The molecule has 0 aliphatic carbocycles. The summed E-state index contributed by atoms with van der Waals surface area (Å²) in [4.78, 5) is 1.84. The minimum absolute atomic E-state index is 0.0187. The molecule has 1 N–H and O–H groups in total. The monoisotopic (exact) mass is 319 g/mol. The highest BCUT2D eigenvalue weighted by Gasteiger charge is 2.50. The number of halogens is 4. The highest BCUT2D eigenvalue weighted by molar-refractivity contribution is 5.30. The van der Waals surface area contributed by atoms with Crippen molar-refractivity contribution in [3.8, 4) is 0 Å². The molecule has 22 heavy (non-hydrogen) atoms. The number of rotatable bonds is 3. The zero-order valence-corrected chi connectivity index (χ0v) is 11.9. The average molecular weight is 319 g/mol. The SMILES string of the molecule is OC[C@@]12COC[C@@H]1CN(Cc1cc(F)ccc1C(F)(F)F)C2. The van der Waals surface area contributed by atoms with Crippen molar-refractivity contribution in [3.63, 3.8) is 0 Å². The van der Waals surface area contributed by atoms with E-state index >= 15 is 0 Å². The molecule has 2 aliphatic heterocycles. The largest absolute Gasteiger partial charge is 0.416 e. The Hall–Kier alpha value is -1.18. The average Bonchev–Trinajstić information content (AvgIpc) is 2.94. The molecule has 1 aromatic rings. The minimum Gasteiger partial charge on any atom is -0.396 e. The second kappa shape index (κ2) is 5.47. The fourth-order valence-corrected chi connectivity index (χ4v) is 3.50. The van der Waals surface area contributed by atoms with Crippen molar-refractivity contribution in [2.45, 2.75) is 12.7 Å². The number of likely N-dealkylation sites (tertiary alicyclic amines) is 1. The molecular formula is C15H17F4NO2. The Morgan fingerprint density at radius 2 is 2.14 bits per heavy atom. The van der Waals surface area contributed by atoms with Crippen LogP contribution < -0.4 is 0 Å². The van der Waals surface area contributed by atoms with Gasteiger partial charge in [0.25, 0.3) is 0 Å². The Kier molecular flexibility index (Phi) is 3.91. The van der Waals surface area contributed by atoms with Gasteiger partial charge in [0.05, 0.1) is 25.4 Å². The van der Waals surface area contributed by atoms with Crippen molar-refractivity contribution in [2.24, 2.45) is 11.3 Å². The van der Waals surface area contributed by atoms with Gasteiger partial charge < -0.3 is 9.84 Å². The van der Waals surface area contributed by atoms with Crippen LogP contribution in [0, 0.1) is 17.2 Å². The van der Waals surface area contributed by atoms with Crippen LogP contribution in [0.3, 0.4) is 0 Å². The normalized spacial score (nSPS) is 29.0. The van der Waals surface area contributed by atoms with Crippen molar-refractivity contribution >= 4 is 0 Å². The summed E-state index contributed by atoms with van der Waals surface area (Å²) in [7, 11) is 0. The number of ether oxygens (including phenoxy) is 1. The molecule has 0 bridgehead atoms. The first-order chi connectivity index (χ1) is 10.3. The molecule has 0 spiro atoms. The fraction of sp³-hybridized carbons (Fsp3) is 0.600. The summed E-state index contributed by atoms with van der Waals surface area (Å²) in [6, 6.07) is 2.56. The molecule has 0 unspecified atom stereocenters. The molecule has 2 atom stereocenters. The maximum atomic E-state index is 13.3. The van der Waals surface area contributed by atoms with Gasteiger partial charge in [-0.15, -0.1) is 0 Å². The maximum Gasteiger partial charge on any atom is 0.416 e. The molecule has 122 valence electrons. The van der Waals surface area contributed by atoms with Crippen LogP contribution >= 0.6 is 0 Å². The van der Waals surface area contributed by atoms with Gasteiger partial charge in [-0.05, 0) is 23.8 Å². The Morgan fingerprint density at radius 1 is 1.36 bits per heavy atom. The van der Waals surface area contributed by atoms with Gasteiger partial charge in [0, 0.05) is 31.0 Å². The third-order valence-electron chi connectivity index (χ3n) is 4.67. The van der Waals surface area contributed by atoms with E-state index in [1.165, 1.54) is 0 Å². The van der Waals surface area contributed by atoms with Gasteiger partial charge in [0.15, 0.2) is 0 Å². The summed E-state index contributed by atoms with van der Waals surface area (Å²) in [5.74, 6) is -0.567. The Labute approximate surface area is 125 Å². The second-order valence-electron chi connectivity index (χ2n) is 6.20. The highest BCUT2D eigenvalue weighted by Crippen LogP contribution is 2.42. The first-order valence-electron chi connectivity index (χ1n) is 7.11. The van der Waals surface area contributed by atoms with Gasteiger partial charge in [-0.2, -0.15) is 13.2 Å². The van der Waals surface area contributed by atoms with E-state index in [-0.39, 0.29) is 24.6 Å². The van der Waals surface area contributed by atoms with Crippen molar-refractivity contribution in [2.75, 3.05) is 32.9 Å². The molecule has 0 radical (unpaired) electrons. The summed E-state index contributed by atoms with van der Waals surface area (Å²) in [6.07, 6.45) is -4.50. The number of hydrogen-bond acceptors (Lipinski definition) is 3. The van der Waals surface area contributed by atoms with E-state index in [1.807, 2.05) is 4.90 Å². The Bertz CT molecular complexity index is 563. The van der Waals surface area contributed by atoms with Crippen molar-refractivity contribution in [1.29, 1.82) is 0 Å². The molecule has 0 aromatic heterocycles. The van der Waals surface area contributed by atoms with Gasteiger partial charge in [0.2, 0.25) is 0 Å². The summed E-state index contributed by atoms with van der Waals surface area (Å²) >= 11 is 0. The van der Waals surface area contributed by atoms with E-state index in [0.717, 1.165) is 18.2 Å². The van der Waals surface area contributed by atoms with Crippen molar-refractivity contribution in [3.05, 3.63) is 35.1 Å². The molecule has 7 heteroatoms. The maximum absolute atomic E-state index is 13.3. The fourth-order valence-electron chi connectivity index (χ4n) is 3.50. The Balaban J connectivity index is 1.81. The molecule has 2 aliphatic rings. The van der Waals surface area contributed by atoms with E-state index in [0.29, 0.717) is 26.3 Å². The van der Waals surface area contributed by atoms with Crippen LogP contribution in [0.2, 0.25) is 0 Å². The number of hydrogen-bond donors (Lipinski definition) is 1. The lowest BCUT2D eigenvalue weighted by Gasteiger charge is -2.25. The topological polar surface area (TPSA) is 32.7 Å². The molecular weight excluding hydrogens is 302 g/mol. The number of benzene rings is 1. The smallest absolute Gasteiger partial charge is 0.396 e. The highest BCUT2D eigenvalue weighted by atomic mass is 19.4. The van der Waals surface area contributed by atoms with E-state index < -0.39 is 23.0 Å². The van der Waals surface area contributed by atoms with Crippen molar-refractivity contribution in [1.82, 2.24) is 4.90 Å². The summed E-state index contributed by atoms with van der Waals surface area (Å²) in [5, 5.41) is 9.59. The van der Waals surface area contributed by atoms with Crippen LogP contribution in [-0.2, 0) is 17.5 Å². The predicted octanol–water partition coefficient (Wildman–Crippen LogP) is 2.29. The minimum atomic E-state index is -4.50. The molecule has 1 aromatic carbocycles. The third-order valence-corrected chi connectivity index (χ3v) is 4.67. The number of nitrogens with zero attached hydrogens (tertiary/aromatic N) is 1. The zero-order valence-electron chi connectivity index (χ0n) is 11.9. The van der Waals surface area contributed by atoms with E-state index in [9.17, 15) is 22.7 Å². The lowest BCUT2D eigenvalue weighted by atomic mass is 9.82. The number of aliphatic hydroxyl groups excluding tert-OH is 1. The molecule has 2 saturated heterocycles. The lowest BCUT2D eigenvalue weighted by molar-refractivity contribution is -0.138. The van der Waals surface area contributed by atoms with Gasteiger partial charge in [-0.3, -0.25) is 4.90 Å². The summed E-state index contributed by atoms with van der Waals surface area (Å²) in [6.45, 7) is 1.90. The van der Waals surface area contributed by atoms with Crippen LogP contribution in [0.15, 0.2) is 18.2 Å². The quantitative estimate of drug-likeness (QED) is 0.868. The standard InChI is InChI=1S/C15H17F4NO2/c16-12-1-2-13(15(17,18)19)10(3-12)4-20-5-11-6-22-9-14(11,7-20)8-21/h1-3,11,21H,4-9H2/t11-,14-/m0/s1. The predicted molar refractivity (Wildman–Crippen MR) is 70.5 cm³/mol. The molecule has 2 heterocycles. The van der Waals surface area contributed by atoms with Gasteiger partial charge in [0.1, 0.15) is 5.82 Å². The molecule has 3 rings (SSSR count). The van der Waals surface area contributed by atoms with Crippen LogP contribution in [-0.4, -0.2) is 42.9 Å². The Morgan fingerprint density at radius 3 is 2.77 bits per heavy atom. The first-order valence-corrected chi connectivity index (χ1v) is 7.11. The zero-order chi connectivity index (χ0) is 16.0. The van der Waals surface area contributed by atoms with Gasteiger partial charge in [-0.25, -0.2) is 4.39 Å². The molecule has 0 saturated carbocycles. The first kappa shape index (κ1) is 15.7. The lowest BCUT2D eigenvalue weighted by Crippen LogP contribution is -2.34. The number of alkyl halides is 3. The van der Waals surface area contributed by atoms with Crippen LogP contribution in [0.25, 0.3) is 0 Å². The van der Waals surface area contributed by atoms with E-state index in [4.69, 9.17) is 4.74 Å². The number of fused-ring (bicyclic) bond motifs is 1. The van der Waals surface area contributed by atoms with Crippen LogP contribution in [0.4, 0.5) is 17.6 Å². The third kappa shape index (κ3) is 2.73. The van der Waals surface area contributed by atoms with Crippen LogP contribution in [0.1, 0.15) is 11.1 Å². The van der Waals surface area contributed by atoms with Crippen LogP contribution in [0.5, 0.6) is 0 Å². The molecule has 2 fully saturated rings. The summed E-state index contributed by atoms with van der Waals surface area (Å²) < 4.78 is 57.8.